The van der Waals surface area contributed by atoms with Crippen LogP contribution in [0.1, 0.15) is 31.2 Å². The molecule has 1 atom stereocenters. The zero-order valence-corrected chi connectivity index (χ0v) is 13.3. The molecule has 0 spiro atoms. The Morgan fingerprint density at radius 2 is 1.83 bits per heavy atom. The van der Waals surface area contributed by atoms with E-state index >= 15 is 0 Å². The first-order valence-corrected chi connectivity index (χ1v) is 7.92. The van der Waals surface area contributed by atoms with Crippen LogP contribution in [0.2, 0.25) is 0 Å². The molecule has 1 amide bonds. The topological polar surface area (TPSA) is 104 Å². The fraction of sp³-hybridized carbons (Fsp3) is 0.471. The second-order valence-electron chi connectivity index (χ2n) is 5.84. The van der Waals surface area contributed by atoms with Gasteiger partial charge in [-0.1, -0.05) is 30.3 Å². The normalized spacial score (nSPS) is 17.0. The first-order chi connectivity index (χ1) is 11.5. The molecule has 1 fully saturated rings. The van der Waals surface area contributed by atoms with Crippen molar-refractivity contribution in [3.05, 3.63) is 35.9 Å². The second-order valence-corrected chi connectivity index (χ2v) is 5.84. The molecule has 1 aromatic carbocycles. The second kappa shape index (κ2) is 8.33. The Morgan fingerprint density at radius 1 is 1.17 bits per heavy atom. The van der Waals surface area contributed by atoms with Gasteiger partial charge in [-0.15, -0.1) is 0 Å². The third kappa shape index (κ3) is 4.71. The van der Waals surface area contributed by atoms with Crippen molar-refractivity contribution in [2.75, 3.05) is 6.54 Å². The van der Waals surface area contributed by atoms with Crippen LogP contribution < -0.4 is 0 Å². The van der Waals surface area contributed by atoms with Gasteiger partial charge in [-0.05, 0) is 31.2 Å². The first kappa shape index (κ1) is 17.8. The van der Waals surface area contributed by atoms with Gasteiger partial charge in [0.25, 0.3) is 0 Å². The van der Waals surface area contributed by atoms with Crippen LogP contribution in [0.3, 0.4) is 0 Å². The van der Waals surface area contributed by atoms with Gasteiger partial charge in [-0.2, -0.15) is 0 Å². The lowest BCUT2D eigenvalue weighted by Gasteiger charge is -2.24. The quantitative estimate of drug-likeness (QED) is 0.741. The van der Waals surface area contributed by atoms with Gasteiger partial charge < -0.3 is 19.8 Å². The standard InChI is InChI=1S/C17H21NO6/c19-15(20)14(16(21)22)9-8-13-7-4-10-18(13)17(23)24-11-12-5-2-1-3-6-12/h1-3,5-6,13-14H,4,7-11H2,(H,19,20)(H,21,22). The number of carbonyl (C=O) groups excluding carboxylic acids is 1. The van der Waals surface area contributed by atoms with Crippen molar-refractivity contribution >= 4 is 18.0 Å². The van der Waals surface area contributed by atoms with Crippen LogP contribution >= 0.6 is 0 Å². The Morgan fingerprint density at radius 3 is 2.46 bits per heavy atom. The number of ether oxygens (including phenoxy) is 1. The van der Waals surface area contributed by atoms with E-state index in [1.807, 2.05) is 30.3 Å². The van der Waals surface area contributed by atoms with Crippen LogP contribution in [0.4, 0.5) is 4.79 Å². The number of carbonyl (C=O) groups is 3. The van der Waals surface area contributed by atoms with Crippen LogP contribution in [0.15, 0.2) is 30.3 Å². The van der Waals surface area contributed by atoms with Gasteiger partial charge in [0, 0.05) is 12.6 Å². The van der Waals surface area contributed by atoms with Gasteiger partial charge in [0.05, 0.1) is 0 Å². The Bertz CT molecular complexity index is 574. The number of carboxylic acids is 2. The number of amides is 1. The molecule has 2 N–H and O–H groups in total. The number of likely N-dealkylation sites (tertiary alicyclic amines) is 1. The average molecular weight is 335 g/mol. The summed E-state index contributed by atoms with van der Waals surface area (Å²) in [6.07, 6.45) is 1.42. The van der Waals surface area contributed by atoms with E-state index in [-0.39, 0.29) is 19.1 Å². The Hall–Kier alpha value is -2.57. The number of rotatable bonds is 7. The average Bonchev–Trinajstić information content (AvgIpc) is 3.01. The van der Waals surface area contributed by atoms with Crippen LogP contribution in [0.5, 0.6) is 0 Å². The van der Waals surface area contributed by atoms with Gasteiger partial charge in [0.15, 0.2) is 5.92 Å². The Kier molecular flexibility index (Phi) is 6.17. The van der Waals surface area contributed by atoms with E-state index in [2.05, 4.69) is 0 Å². The molecule has 0 radical (unpaired) electrons. The Labute approximate surface area is 139 Å². The summed E-state index contributed by atoms with van der Waals surface area (Å²) < 4.78 is 5.30. The molecule has 1 saturated heterocycles. The molecular weight excluding hydrogens is 314 g/mol. The minimum absolute atomic E-state index is 0.00218. The van der Waals surface area contributed by atoms with E-state index in [0.29, 0.717) is 13.0 Å². The first-order valence-electron chi connectivity index (χ1n) is 7.92. The minimum Gasteiger partial charge on any atom is -0.481 e. The van der Waals surface area contributed by atoms with E-state index < -0.39 is 23.9 Å². The molecule has 0 saturated carbocycles. The van der Waals surface area contributed by atoms with E-state index in [4.69, 9.17) is 14.9 Å². The van der Waals surface area contributed by atoms with Crippen molar-refractivity contribution in [2.24, 2.45) is 5.92 Å². The largest absolute Gasteiger partial charge is 0.481 e. The molecule has 24 heavy (non-hydrogen) atoms. The summed E-state index contributed by atoms with van der Waals surface area (Å²) in [6, 6.07) is 9.15. The molecule has 7 heteroatoms. The molecule has 2 rings (SSSR count). The Balaban J connectivity index is 1.86. The molecule has 1 aliphatic rings. The molecule has 0 aliphatic carbocycles. The monoisotopic (exact) mass is 335 g/mol. The molecule has 130 valence electrons. The summed E-state index contributed by atoms with van der Waals surface area (Å²) in [4.78, 5) is 35.7. The van der Waals surface area contributed by atoms with Crippen molar-refractivity contribution in [3.63, 3.8) is 0 Å². The van der Waals surface area contributed by atoms with Crippen molar-refractivity contribution < 1.29 is 29.3 Å². The van der Waals surface area contributed by atoms with Gasteiger partial charge in [-0.3, -0.25) is 9.59 Å². The van der Waals surface area contributed by atoms with Crippen LogP contribution in [-0.2, 0) is 20.9 Å². The van der Waals surface area contributed by atoms with Crippen LogP contribution in [0.25, 0.3) is 0 Å². The number of carboxylic acid groups (broad SMARTS) is 2. The maximum Gasteiger partial charge on any atom is 0.410 e. The number of aliphatic carboxylic acids is 2. The van der Waals surface area contributed by atoms with E-state index in [0.717, 1.165) is 18.4 Å². The molecule has 0 aromatic heterocycles. The molecular formula is C17H21NO6. The summed E-state index contributed by atoms with van der Waals surface area (Å²) >= 11 is 0. The zero-order valence-electron chi connectivity index (χ0n) is 13.3. The highest BCUT2D eigenvalue weighted by Crippen LogP contribution is 2.24. The van der Waals surface area contributed by atoms with E-state index in [9.17, 15) is 14.4 Å². The number of benzene rings is 1. The minimum atomic E-state index is -1.44. The van der Waals surface area contributed by atoms with Crippen molar-refractivity contribution in [1.29, 1.82) is 0 Å². The van der Waals surface area contributed by atoms with E-state index in [1.54, 1.807) is 4.90 Å². The third-order valence-electron chi connectivity index (χ3n) is 4.20. The summed E-state index contributed by atoms with van der Waals surface area (Å²) in [5.41, 5.74) is 0.887. The predicted molar refractivity (Wildman–Crippen MR) is 84.4 cm³/mol. The molecule has 1 unspecified atom stereocenters. The number of hydrogen-bond acceptors (Lipinski definition) is 4. The summed E-state index contributed by atoms with van der Waals surface area (Å²) in [5.74, 6) is -4.13. The fourth-order valence-corrected chi connectivity index (χ4v) is 2.89. The lowest BCUT2D eigenvalue weighted by molar-refractivity contribution is -0.154. The van der Waals surface area contributed by atoms with Crippen molar-refractivity contribution in [3.8, 4) is 0 Å². The third-order valence-corrected chi connectivity index (χ3v) is 4.20. The highest BCUT2D eigenvalue weighted by atomic mass is 16.6. The van der Waals surface area contributed by atoms with Gasteiger partial charge in [0.2, 0.25) is 0 Å². The molecule has 0 bridgehead atoms. The van der Waals surface area contributed by atoms with Crippen molar-refractivity contribution in [1.82, 2.24) is 4.90 Å². The summed E-state index contributed by atoms with van der Waals surface area (Å²) in [7, 11) is 0. The highest BCUT2D eigenvalue weighted by Gasteiger charge is 2.33. The fourth-order valence-electron chi connectivity index (χ4n) is 2.89. The van der Waals surface area contributed by atoms with Crippen LogP contribution in [0, 0.1) is 5.92 Å². The van der Waals surface area contributed by atoms with Crippen molar-refractivity contribution in [2.45, 2.75) is 38.3 Å². The molecule has 1 aliphatic heterocycles. The molecule has 1 heterocycles. The maximum atomic E-state index is 12.2. The maximum absolute atomic E-state index is 12.2. The number of nitrogens with zero attached hydrogens (tertiary/aromatic N) is 1. The smallest absolute Gasteiger partial charge is 0.410 e. The number of hydrogen-bond donors (Lipinski definition) is 2. The SMILES string of the molecule is O=C(O)C(CCC1CCCN1C(=O)OCc1ccccc1)C(=O)O. The highest BCUT2D eigenvalue weighted by molar-refractivity contribution is 5.92. The zero-order chi connectivity index (χ0) is 17.5. The van der Waals surface area contributed by atoms with Gasteiger partial charge >= 0.3 is 18.0 Å². The summed E-state index contributed by atoms with van der Waals surface area (Å²) in [5, 5.41) is 17.8. The van der Waals surface area contributed by atoms with E-state index in [1.165, 1.54) is 0 Å². The molecule has 7 nitrogen and oxygen atoms in total. The molecule has 1 aromatic rings. The van der Waals surface area contributed by atoms with Crippen LogP contribution in [-0.4, -0.2) is 45.7 Å². The predicted octanol–water partition coefficient (Wildman–Crippen LogP) is 2.35. The summed E-state index contributed by atoms with van der Waals surface area (Å²) in [6.45, 7) is 0.721. The lowest BCUT2D eigenvalue weighted by atomic mass is 9.99. The van der Waals surface area contributed by atoms with Gasteiger partial charge in [-0.25, -0.2) is 4.79 Å². The lowest BCUT2D eigenvalue weighted by Crippen LogP contribution is -2.37. The van der Waals surface area contributed by atoms with Gasteiger partial charge in [0.1, 0.15) is 6.61 Å².